The van der Waals surface area contributed by atoms with E-state index in [2.05, 4.69) is 5.32 Å². The number of benzene rings is 2. The molecule has 0 fully saturated rings. The number of amides is 2. The zero-order valence-corrected chi connectivity index (χ0v) is 14.7. The van der Waals surface area contributed by atoms with Gasteiger partial charge in [0.1, 0.15) is 0 Å². The summed E-state index contributed by atoms with van der Waals surface area (Å²) < 4.78 is 0. The summed E-state index contributed by atoms with van der Waals surface area (Å²) in [5.41, 5.74) is 7.13. The fraction of sp³-hybridized carbons (Fsp3) is 0.211. The lowest BCUT2D eigenvalue weighted by Crippen LogP contribution is -2.27. The summed E-state index contributed by atoms with van der Waals surface area (Å²) in [5.74, 6) is -0.720. The Morgan fingerprint density at radius 2 is 1.80 bits per heavy atom. The highest BCUT2D eigenvalue weighted by atomic mass is 32.2. The molecule has 0 spiro atoms. The lowest BCUT2D eigenvalue weighted by molar-refractivity contribution is -0.119. The maximum absolute atomic E-state index is 12.7. The van der Waals surface area contributed by atoms with E-state index in [1.54, 1.807) is 18.2 Å². The molecule has 130 valence electrons. The quantitative estimate of drug-likeness (QED) is 0.798. The van der Waals surface area contributed by atoms with Crippen LogP contribution < -0.4 is 11.1 Å². The first kappa shape index (κ1) is 18.7. The molecular formula is C19H20N2O3S. The van der Waals surface area contributed by atoms with E-state index >= 15 is 0 Å². The topological polar surface area (TPSA) is 89.3 Å². The lowest BCUT2D eigenvalue weighted by atomic mass is 10.00. The van der Waals surface area contributed by atoms with Gasteiger partial charge in [-0.2, -0.15) is 0 Å². The van der Waals surface area contributed by atoms with E-state index in [0.29, 0.717) is 23.4 Å². The number of hydrogen-bond donors (Lipinski definition) is 2. The average Bonchev–Trinajstić information content (AvgIpc) is 2.59. The van der Waals surface area contributed by atoms with Crippen LogP contribution >= 0.6 is 11.8 Å². The molecule has 0 bridgehead atoms. The summed E-state index contributed by atoms with van der Waals surface area (Å²) in [6.07, 6.45) is 0.530. The Balaban J connectivity index is 2.12. The van der Waals surface area contributed by atoms with Crippen LogP contribution in [0.4, 0.5) is 5.69 Å². The highest BCUT2D eigenvalue weighted by Gasteiger charge is 2.20. The van der Waals surface area contributed by atoms with Gasteiger partial charge in [-0.3, -0.25) is 14.4 Å². The molecule has 2 rings (SSSR count). The number of thioether (sulfide) groups is 1. The lowest BCUT2D eigenvalue weighted by Gasteiger charge is -2.16. The number of carbonyl (C=O) groups is 3. The van der Waals surface area contributed by atoms with Gasteiger partial charge < -0.3 is 11.1 Å². The Hall–Kier alpha value is -2.60. The first-order valence-corrected chi connectivity index (χ1v) is 8.82. The van der Waals surface area contributed by atoms with E-state index < -0.39 is 5.91 Å². The van der Waals surface area contributed by atoms with Crippen molar-refractivity contribution in [2.45, 2.75) is 13.3 Å². The van der Waals surface area contributed by atoms with E-state index in [9.17, 15) is 14.4 Å². The normalized spacial score (nSPS) is 11.6. The molecule has 0 aliphatic rings. The summed E-state index contributed by atoms with van der Waals surface area (Å²) in [5, 5.41) is 2.78. The largest absolute Gasteiger partial charge is 0.366 e. The van der Waals surface area contributed by atoms with Crippen LogP contribution in [0.2, 0.25) is 0 Å². The number of anilines is 1. The van der Waals surface area contributed by atoms with Gasteiger partial charge in [0, 0.05) is 23.9 Å². The minimum atomic E-state index is -0.552. The Labute approximate surface area is 151 Å². The smallest absolute Gasteiger partial charge is 0.248 e. The predicted molar refractivity (Wildman–Crippen MR) is 100 cm³/mol. The Bertz CT molecular complexity index is 762. The van der Waals surface area contributed by atoms with Crippen molar-refractivity contribution in [2.24, 2.45) is 11.7 Å². The van der Waals surface area contributed by atoms with Gasteiger partial charge in [0.2, 0.25) is 11.8 Å². The third kappa shape index (κ3) is 6.08. The number of primary amides is 1. The molecule has 2 aromatic carbocycles. The van der Waals surface area contributed by atoms with Crippen molar-refractivity contribution in [3.8, 4) is 0 Å². The highest BCUT2D eigenvalue weighted by molar-refractivity contribution is 8.13. The molecule has 0 aromatic heterocycles. The summed E-state index contributed by atoms with van der Waals surface area (Å²) >= 11 is 1.13. The molecule has 2 aromatic rings. The second-order valence-corrected chi connectivity index (χ2v) is 6.82. The molecule has 5 nitrogen and oxygen atoms in total. The van der Waals surface area contributed by atoms with Crippen molar-refractivity contribution in [3.05, 3.63) is 65.7 Å². The molecule has 0 radical (unpaired) electrons. The number of carbonyl (C=O) groups excluding carboxylic acids is 3. The summed E-state index contributed by atoms with van der Waals surface area (Å²) in [7, 11) is 0. The fourth-order valence-corrected chi connectivity index (χ4v) is 3.04. The van der Waals surface area contributed by atoms with Crippen LogP contribution in [0.5, 0.6) is 0 Å². The van der Waals surface area contributed by atoms with Crippen molar-refractivity contribution in [2.75, 3.05) is 11.1 Å². The molecule has 2 amide bonds. The maximum Gasteiger partial charge on any atom is 0.248 e. The first-order chi connectivity index (χ1) is 12.0. The molecule has 0 aliphatic heterocycles. The van der Waals surface area contributed by atoms with Crippen LogP contribution in [0.25, 0.3) is 0 Å². The predicted octanol–water partition coefficient (Wildman–Crippen LogP) is 2.86. The SMILES string of the molecule is CC(=O)SCC(Cc1ccccc1)C(=O)Nc1cccc(C(N)=O)c1. The summed E-state index contributed by atoms with van der Waals surface area (Å²) in [4.78, 5) is 35.2. The summed E-state index contributed by atoms with van der Waals surface area (Å²) in [6.45, 7) is 1.48. The van der Waals surface area contributed by atoms with Crippen molar-refractivity contribution >= 4 is 34.4 Å². The molecule has 0 aliphatic carbocycles. The van der Waals surface area contributed by atoms with Crippen LogP contribution in [0, 0.1) is 5.92 Å². The number of nitrogens with two attached hydrogens (primary N) is 1. The molecule has 1 atom stereocenters. The second kappa shape index (κ2) is 9.03. The van der Waals surface area contributed by atoms with E-state index in [0.717, 1.165) is 17.3 Å². The van der Waals surface area contributed by atoms with Gasteiger partial charge in [-0.15, -0.1) is 0 Å². The van der Waals surface area contributed by atoms with E-state index in [1.807, 2.05) is 30.3 Å². The van der Waals surface area contributed by atoms with Gasteiger partial charge in [0.05, 0.1) is 5.92 Å². The van der Waals surface area contributed by atoms with E-state index in [-0.39, 0.29) is 16.9 Å². The fourth-order valence-electron chi connectivity index (χ4n) is 2.34. The zero-order chi connectivity index (χ0) is 18.2. The average molecular weight is 356 g/mol. The monoisotopic (exact) mass is 356 g/mol. The van der Waals surface area contributed by atoms with Crippen LogP contribution in [0.1, 0.15) is 22.8 Å². The van der Waals surface area contributed by atoms with Gasteiger partial charge in [0.15, 0.2) is 5.12 Å². The van der Waals surface area contributed by atoms with Gasteiger partial charge in [-0.1, -0.05) is 48.2 Å². The Morgan fingerprint density at radius 1 is 1.08 bits per heavy atom. The van der Waals surface area contributed by atoms with E-state index in [1.165, 1.54) is 13.0 Å². The molecule has 25 heavy (non-hydrogen) atoms. The minimum Gasteiger partial charge on any atom is -0.366 e. The molecule has 1 unspecified atom stereocenters. The van der Waals surface area contributed by atoms with Crippen LogP contribution in [-0.4, -0.2) is 22.7 Å². The van der Waals surface area contributed by atoms with Crippen LogP contribution in [-0.2, 0) is 16.0 Å². The third-order valence-electron chi connectivity index (χ3n) is 3.60. The summed E-state index contributed by atoms with van der Waals surface area (Å²) in [6, 6.07) is 16.1. The second-order valence-electron chi connectivity index (χ2n) is 5.62. The first-order valence-electron chi connectivity index (χ1n) is 7.83. The number of rotatable bonds is 7. The minimum absolute atomic E-state index is 0.0263. The van der Waals surface area contributed by atoms with Gasteiger partial charge in [-0.05, 0) is 30.2 Å². The third-order valence-corrected chi connectivity index (χ3v) is 4.57. The Kier molecular flexibility index (Phi) is 6.77. The zero-order valence-electron chi connectivity index (χ0n) is 13.9. The van der Waals surface area contributed by atoms with Crippen molar-refractivity contribution < 1.29 is 14.4 Å². The molecule has 0 saturated heterocycles. The highest BCUT2D eigenvalue weighted by Crippen LogP contribution is 2.18. The molecule has 6 heteroatoms. The molecule has 0 saturated carbocycles. The standard InChI is InChI=1S/C19H20N2O3S/c1-13(22)25-12-16(10-14-6-3-2-4-7-14)19(24)21-17-9-5-8-15(11-17)18(20)23/h2-9,11,16H,10,12H2,1H3,(H2,20,23)(H,21,24). The number of hydrogen-bond acceptors (Lipinski definition) is 4. The van der Waals surface area contributed by atoms with E-state index in [4.69, 9.17) is 5.73 Å². The van der Waals surface area contributed by atoms with Crippen molar-refractivity contribution in [1.82, 2.24) is 0 Å². The Morgan fingerprint density at radius 3 is 2.44 bits per heavy atom. The van der Waals surface area contributed by atoms with Gasteiger partial charge >= 0.3 is 0 Å². The van der Waals surface area contributed by atoms with Gasteiger partial charge in [0.25, 0.3) is 0 Å². The molecule has 0 heterocycles. The maximum atomic E-state index is 12.7. The van der Waals surface area contributed by atoms with Crippen molar-refractivity contribution in [3.63, 3.8) is 0 Å². The van der Waals surface area contributed by atoms with Crippen LogP contribution in [0.15, 0.2) is 54.6 Å². The molecular weight excluding hydrogens is 336 g/mol. The number of nitrogens with one attached hydrogen (secondary N) is 1. The van der Waals surface area contributed by atoms with Crippen molar-refractivity contribution in [1.29, 1.82) is 0 Å². The van der Waals surface area contributed by atoms with Gasteiger partial charge in [-0.25, -0.2) is 0 Å². The molecule has 3 N–H and O–H groups in total. The van der Waals surface area contributed by atoms with Crippen LogP contribution in [0.3, 0.4) is 0 Å².